The van der Waals surface area contributed by atoms with Gasteiger partial charge in [-0.15, -0.1) is 0 Å². The van der Waals surface area contributed by atoms with Gasteiger partial charge in [-0.3, -0.25) is 0 Å². The molecular formula is C12H25N3O. The second-order valence-corrected chi connectivity index (χ2v) is 4.96. The van der Waals surface area contributed by atoms with E-state index in [1.54, 1.807) is 4.90 Å². The van der Waals surface area contributed by atoms with Gasteiger partial charge in [0.25, 0.3) is 0 Å². The fourth-order valence-electron chi connectivity index (χ4n) is 1.98. The molecule has 1 heterocycles. The molecule has 4 nitrogen and oxygen atoms in total. The van der Waals surface area contributed by atoms with Gasteiger partial charge < -0.3 is 15.5 Å². The van der Waals surface area contributed by atoms with E-state index in [0.717, 1.165) is 19.5 Å². The molecule has 16 heavy (non-hydrogen) atoms. The lowest BCUT2D eigenvalue weighted by atomic mass is 10.0. The molecule has 0 aromatic rings. The van der Waals surface area contributed by atoms with Crippen molar-refractivity contribution in [1.29, 1.82) is 0 Å². The van der Waals surface area contributed by atoms with Gasteiger partial charge >= 0.3 is 6.03 Å². The van der Waals surface area contributed by atoms with E-state index in [0.29, 0.717) is 6.04 Å². The molecule has 1 fully saturated rings. The SMILES string of the molecule is CC(C)NC(=O)N(C)CCC1CCCCN1. The van der Waals surface area contributed by atoms with E-state index in [1.807, 2.05) is 20.9 Å². The van der Waals surface area contributed by atoms with Crippen molar-refractivity contribution in [3.63, 3.8) is 0 Å². The number of hydrogen-bond donors (Lipinski definition) is 2. The molecule has 1 aliphatic rings. The van der Waals surface area contributed by atoms with E-state index in [1.165, 1.54) is 19.3 Å². The highest BCUT2D eigenvalue weighted by Gasteiger charge is 2.15. The van der Waals surface area contributed by atoms with Crippen LogP contribution in [0.4, 0.5) is 4.79 Å². The van der Waals surface area contributed by atoms with Crippen molar-refractivity contribution in [2.45, 2.75) is 51.6 Å². The van der Waals surface area contributed by atoms with E-state index in [9.17, 15) is 4.79 Å². The molecule has 1 unspecified atom stereocenters. The standard InChI is InChI=1S/C12H25N3O/c1-10(2)14-12(16)15(3)9-7-11-6-4-5-8-13-11/h10-11,13H,4-9H2,1-3H3,(H,14,16). The number of hydrogen-bond acceptors (Lipinski definition) is 2. The van der Waals surface area contributed by atoms with E-state index < -0.39 is 0 Å². The van der Waals surface area contributed by atoms with Crippen molar-refractivity contribution in [3.05, 3.63) is 0 Å². The van der Waals surface area contributed by atoms with Gasteiger partial charge in [0.15, 0.2) is 0 Å². The lowest BCUT2D eigenvalue weighted by Crippen LogP contribution is -2.43. The monoisotopic (exact) mass is 227 g/mol. The molecule has 0 bridgehead atoms. The largest absolute Gasteiger partial charge is 0.336 e. The van der Waals surface area contributed by atoms with Crippen LogP contribution >= 0.6 is 0 Å². The van der Waals surface area contributed by atoms with Crippen LogP contribution in [0.1, 0.15) is 39.5 Å². The minimum atomic E-state index is 0.0332. The Hall–Kier alpha value is -0.770. The van der Waals surface area contributed by atoms with Crippen molar-refractivity contribution in [2.75, 3.05) is 20.1 Å². The predicted octanol–water partition coefficient (Wildman–Crippen LogP) is 1.57. The summed E-state index contributed by atoms with van der Waals surface area (Å²) >= 11 is 0. The van der Waals surface area contributed by atoms with Crippen LogP contribution in [0.25, 0.3) is 0 Å². The first kappa shape index (κ1) is 13.3. The number of rotatable bonds is 4. The molecule has 4 heteroatoms. The molecule has 0 spiro atoms. The second-order valence-electron chi connectivity index (χ2n) is 4.96. The van der Waals surface area contributed by atoms with Gasteiger partial charge in [0, 0.05) is 25.7 Å². The Morgan fingerprint density at radius 1 is 1.50 bits per heavy atom. The van der Waals surface area contributed by atoms with Crippen molar-refractivity contribution in [1.82, 2.24) is 15.5 Å². The van der Waals surface area contributed by atoms with E-state index in [2.05, 4.69) is 10.6 Å². The predicted molar refractivity (Wildman–Crippen MR) is 66.6 cm³/mol. The molecule has 1 aliphatic heterocycles. The maximum atomic E-state index is 11.6. The summed E-state index contributed by atoms with van der Waals surface area (Å²) < 4.78 is 0. The Balaban J connectivity index is 2.17. The third-order valence-corrected chi connectivity index (χ3v) is 2.98. The summed E-state index contributed by atoms with van der Waals surface area (Å²) in [5.41, 5.74) is 0. The number of nitrogens with zero attached hydrogens (tertiary/aromatic N) is 1. The number of carbonyl (C=O) groups excluding carboxylic acids is 1. The third-order valence-electron chi connectivity index (χ3n) is 2.98. The molecule has 0 aliphatic carbocycles. The van der Waals surface area contributed by atoms with Crippen LogP contribution in [-0.2, 0) is 0 Å². The average Bonchev–Trinajstić information content (AvgIpc) is 2.26. The Kier molecular flexibility index (Phi) is 5.60. The van der Waals surface area contributed by atoms with Crippen molar-refractivity contribution >= 4 is 6.03 Å². The number of piperidine rings is 1. The Morgan fingerprint density at radius 3 is 2.81 bits per heavy atom. The van der Waals surface area contributed by atoms with Crippen molar-refractivity contribution in [3.8, 4) is 0 Å². The molecule has 0 saturated carbocycles. The summed E-state index contributed by atoms with van der Waals surface area (Å²) in [5.74, 6) is 0. The third kappa shape index (κ3) is 4.84. The lowest BCUT2D eigenvalue weighted by Gasteiger charge is -2.26. The van der Waals surface area contributed by atoms with Crippen LogP contribution < -0.4 is 10.6 Å². The molecule has 2 amide bonds. The highest BCUT2D eigenvalue weighted by molar-refractivity contribution is 5.74. The van der Waals surface area contributed by atoms with E-state index >= 15 is 0 Å². The number of urea groups is 1. The van der Waals surface area contributed by atoms with Crippen LogP contribution in [-0.4, -0.2) is 43.2 Å². The molecule has 0 aromatic carbocycles. The topological polar surface area (TPSA) is 44.4 Å². The van der Waals surface area contributed by atoms with Crippen LogP contribution in [0.3, 0.4) is 0 Å². The van der Waals surface area contributed by atoms with Crippen molar-refractivity contribution in [2.24, 2.45) is 0 Å². The zero-order valence-electron chi connectivity index (χ0n) is 10.8. The fourth-order valence-corrected chi connectivity index (χ4v) is 1.98. The fraction of sp³-hybridized carbons (Fsp3) is 0.917. The number of amides is 2. The Morgan fingerprint density at radius 2 is 2.25 bits per heavy atom. The second kappa shape index (κ2) is 6.74. The smallest absolute Gasteiger partial charge is 0.317 e. The molecule has 2 N–H and O–H groups in total. The molecule has 1 atom stereocenters. The molecule has 94 valence electrons. The van der Waals surface area contributed by atoms with E-state index in [-0.39, 0.29) is 12.1 Å². The summed E-state index contributed by atoms with van der Waals surface area (Å²) in [6, 6.07) is 0.844. The Labute approximate surface area is 98.8 Å². The highest BCUT2D eigenvalue weighted by Crippen LogP contribution is 2.10. The summed E-state index contributed by atoms with van der Waals surface area (Å²) in [6.07, 6.45) is 4.92. The van der Waals surface area contributed by atoms with Crippen LogP contribution in [0.5, 0.6) is 0 Å². The van der Waals surface area contributed by atoms with Gasteiger partial charge in [-0.2, -0.15) is 0 Å². The van der Waals surface area contributed by atoms with Crippen LogP contribution in [0.15, 0.2) is 0 Å². The minimum Gasteiger partial charge on any atom is -0.336 e. The first-order chi connectivity index (χ1) is 7.59. The molecule has 1 saturated heterocycles. The highest BCUT2D eigenvalue weighted by atomic mass is 16.2. The van der Waals surface area contributed by atoms with Crippen molar-refractivity contribution < 1.29 is 4.79 Å². The summed E-state index contributed by atoms with van der Waals surface area (Å²) in [4.78, 5) is 13.4. The van der Waals surface area contributed by atoms with Gasteiger partial charge in [-0.05, 0) is 39.7 Å². The number of carbonyl (C=O) groups is 1. The van der Waals surface area contributed by atoms with Gasteiger partial charge in [0.2, 0.25) is 0 Å². The maximum absolute atomic E-state index is 11.6. The zero-order valence-corrected chi connectivity index (χ0v) is 10.8. The summed E-state index contributed by atoms with van der Waals surface area (Å²) in [5, 5.41) is 6.39. The first-order valence-corrected chi connectivity index (χ1v) is 6.34. The van der Waals surface area contributed by atoms with Crippen LogP contribution in [0, 0.1) is 0 Å². The van der Waals surface area contributed by atoms with E-state index in [4.69, 9.17) is 0 Å². The summed E-state index contributed by atoms with van der Waals surface area (Å²) in [7, 11) is 1.86. The lowest BCUT2D eigenvalue weighted by molar-refractivity contribution is 0.202. The maximum Gasteiger partial charge on any atom is 0.317 e. The molecule has 0 radical (unpaired) electrons. The van der Waals surface area contributed by atoms with Crippen LogP contribution in [0.2, 0.25) is 0 Å². The molecule has 0 aromatic heterocycles. The van der Waals surface area contributed by atoms with Gasteiger partial charge in [-0.1, -0.05) is 6.42 Å². The normalized spacial score (nSPS) is 20.9. The first-order valence-electron chi connectivity index (χ1n) is 6.34. The average molecular weight is 227 g/mol. The van der Waals surface area contributed by atoms with Gasteiger partial charge in [0.1, 0.15) is 0 Å². The van der Waals surface area contributed by atoms with Gasteiger partial charge in [-0.25, -0.2) is 4.79 Å². The number of nitrogens with one attached hydrogen (secondary N) is 2. The summed E-state index contributed by atoms with van der Waals surface area (Å²) in [6.45, 7) is 5.92. The quantitative estimate of drug-likeness (QED) is 0.765. The minimum absolute atomic E-state index is 0.0332. The zero-order chi connectivity index (χ0) is 12.0. The molecule has 1 rings (SSSR count). The Bertz CT molecular complexity index is 212. The van der Waals surface area contributed by atoms with Gasteiger partial charge in [0.05, 0.1) is 0 Å². The molecular weight excluding hydrogens is 202 g/mol.